The number of nitrogens with zero attached hydrogens (tertiary/aromatic N) is 2. The first kappa shape index (κ1) is 13.1. The van der Waals surface area contributed by atoms with E-state index in [9.17, 15) is 18.0 Å². The molecule has 0 fully saturated rings. The third-order valence-corrected chi connectivity index (χ3v) is 2.73. The van der Waals surface area contributed by atoms with Gasteiger partial charge in [-0.05, 0) is 17.5 Å². The summed E-state index contributed by atoms with van der Waals surface area (Å²) in [6.07, 6.45) is -5.93. The van der Waals surface area contributed by atoms with Gasteiger partial charge in [-0.1, -0.05) is 18.3 Å². The lowest BCUT2D eigenvalue weighted by atomic mass is 10.1. The molecule has 0 atom stereocenters. The van der Waals surface area contributed by atoms with Gasteiger partial charge in [0, 0.05) is 6.42 Å². The number of aromatic nitrogens is 2. The van der Waals surface area contributed by atoms with E-state index in [-0.39, 0.29) is 10.8 Å². The van der Waals surface area contributed by atoms with Gasteiger partial charge in [0.1, 0.15) is 4.88 Å². The van der Waals surface area contributed by atoms with Gasteiger partial charge in [0.25, 0.3) is 0 Å². The average Bonchev–Trinajstić information content (AvgIpc) is 2.61. The van der Waals surface area contributed by atoms with Crippen molar-refractivity contribution in [1.82, 2.24) is 9.59 Å². The van der Waals surface area contributed by atoms with Crippen molar-refractivity contribution in [2.75, 3.05) is 0 Å². The Hall–Kier alpha value is -0.980. The smallest absolute Gasteiger partial charge is 0.293 e. The highest BCUT2D eigenvalue weighted by Crippen LogP contribution is 2.26. The van der Waals surface area contributed by atoms with Crippen molar-refractivity contribution in [3.05, 3.63) is 10.6 Å². The van der Waals surface area contributed by atoms with Crippen molar-refractivity contribution in [3.63, 3.8) is 0 Å². The lowest BCUT2D eigenvalue weighted by Gasteiger charge is -2.05. The van der Waals surface area contributed by atoms with Crippen LogP contribution in [0.5, 0.6) is 0 Å². The molecule has 3 nitrogen and oxygen atoms in total. The van der Waals surface area contributed by atoms with E-state index in [2.05, 4.69) is 9.59 Å². The summed E-state index contributed by atoms with van der Waals surface area (Å²) in [5, 5.41) is 3.75. The Morgan fingerprint density at radius 1 is 1.44 bits per heavy atom. The molecule has 1 heterocycles. The van der Waals surface area contributed by atoms with Gasteiger partial charge in [0.15, 0.2) is 5.78 Å². The van der Waals surface area contributed by atoms with E-state index in [1.807, 2.05) is 13.8 Å². The van der Waals surface area contributed by atoms with Gasteiger partial charge in [-0.3, -0.25) is 4.79 Å². The van der Waals surface area contributed by atoms with Crippen LogP contribution in [0, 0.1) is 0 Å². The molecule has 0 aliphatic carbocycles. The van der Waals surface area contributed by atoms with Crippen LogP contribution in [0.2, 0.25) is 0 Å². The van der Waals surface area contributed by atoms with Crippen molar-refractivity contribution >= 4 is 17.3 Å². The molecule has 0 aliphatic rings. The molecule has 0 aromatic carbocycles. The van der Waals surface area contributed by atoms with Crippen LogP contribution >= 0.6 is 11.5 Å². The number of rotatable bonds is 4. The zero-order valence-electron chi connectivity index (χ0n) is 8.84. The number of alkyl halides is 3. The standard InChI is InChI=1S/C9H11F3N2OS/c1-5(2)7-8(16-14-13-7)6(15)3-4-9(10,11)12/h5H,3-4H2,1-2H3. The predicted octanol–water partition coefficient (Wildman–Crippen LogP) is 3.19. The van der Waals surface area contributed by atoms with Crippen LogP contribution < -0.4 is 0 Å². The Bertz CT molecular complexity index is 373. The number of carbonyl (C=O) groups excluding carboxylic acids is 1. The molecule has 1 rings (SSSR count). The molecule has 0 unspecified atom stereocenters. The maximum Gasteiger partial charge on any atom is 0.389 e. The first-order chi connectivity index (χ1) is 7.31. The average molecular weight is 252 g/mol. The molecule has 1 aromatic heterocycles. The zero-order valence-corrected chi connectivity index (χ0v) is 9.65. The SMILES string of the molecule is CC(C)c1nnsc1C(=O)CCC(F)(F)F. The molecule has 0 saturated carbocycles. The lowest BCUT2D eigenvalue weighted by Crippen LogP contribution is -2.11. The lowest BCUT2D eigenvalue weighted by molar-refractivity contribution is -0.133. The number of carbonyl (C=O) groups is 1. The third-order valence-electron chi connectivity index (χ3n) is 1.95. The van der Waals surface area contributed by atoms with E-state index in [1.54, 1.807) is 0 Å². The Morgan fingerprint density at radius 3 is 2.56 bits per heavy atom. The Balaban J connectivity index is 2.70. The van der Waals surface area contributed by atoms with Crippen LogP contribution in [0.3, 0.4) is 0 Å². The normalized spacial score (nSPS) is 12.1. The number of hydrogen-bond donors (Lipinski definition) is 0. The summed E-state index contributed by atoms with van der Waals surface area (Å²) in [7, 11) is 0. The Labute approximate surface area is 94.8 Å². The molecule has 0 N–H and O–H groups in total. The fourth-order valence-electron chi connectivity index (χ4n) is 1.14. The second-order valence-electron chi connectivity index (χ2n) is 3.68. The van der Waals surface area contributed by atoms with E-state index in [1.165, 1.54) is 0 Å². The number of ketones is 1. The summed E-state index contributed by atoms with van der Waals surface area (Å²) >= 11 is 0.859. The van der Waals surface area contributed by atoms with Crippen LogP contribution in [-0.4, -0.2) is 21.5 Å². The number of halogens is 3. The summed E-state index contributed by atoms with van der Waals surface area (Å²) in [5.74, 6) is -0.542. The molecule has 0 amide bonds. The van der Waals surface area contributed by atoms with Crippen LogP contribution in [0.15, 0.2) is 0 Å². The van der Waals surface area contributed by atoms with Crippen LogP contribution in [0.1, 0.15) is 48.0 Å². The van der Waals surface area contributed by atoms with E-state index >= 15 is 0 Å². The van der Waals surface area contributed by atoms with Gasteiger partial charge >= 0.3 is 6.18 Å². The third kappa shape index (κ3) is 3.55. The first-order valence-corrected chi connectivity index (χ1v) is 5.51. The van der Waals surface area contributed by atoms with E-state index in [0.717, 1.165) is 11.5 Å². The van der Waals surface area contributed by atoms with Gasteiger partial charge in [0.2, 0.25) is 0 Å². The highest BCUT2D eigenvalue weighted by atomic mass is 32.1. The van der Waals surface area contributed by atoms with Crippen molar-refractivity contribution < 1.29 is 18.0 Å². The minimum absolute atomic E-state index is 0.0106. The fraction of sp³-hybridized carbons (Fsp3) is 0.667. The summed E-state index contributed by atoms with van der Waals surface area (Å²) in [6, 6.07) is 0. The summed E-state index contributed by atoms with van der Waals surface area (Å²) in [4.78, 5) is 11.8. The molecule has 0 spiro atoms. The largest absolute Gasteiger partial charge is 0.389 e. The molecule has 90 valence electrons. The van der Waals surface area contributed by atoms with Crippen molar-refractivity contribution in [2.24, 2.45) is 0 Å². The molecule has 0 bridgehead atoms. The monoisotopic (exact) mass is 252 g/mol. The molecule has 7 heteroatoms. The minimum Gasteiger partial charge on any atom is -0.293 e. The summed E-state index contributed by atoms with van der Waals surface area (Å²) in [6.45, 7) is 3.63. The van der Waals surface area contributed by atoms with E-state index in [0.29, 0.717) is 5.69 Å². The number of Topliss-reactive ketones (excluding diaryl/α,β-unsaturated/α-hetero) is 1. The van der Waals surface area contributed by atoms with Crippen LogP contribution in [0.4, 0.5) is 13.2 Å². The van der Waals surface area contributed by atoms with Gasteiger partial charge in [0.05, 0.1) is 12.1 Å². The van der Waals surface area contributed by atoms with E-state index < -0.39 is 24.8 Å². The van der Waals surface area contributed by atoms with Crippen molar-refractivity contribution in [2.45, 2.75) is 38.8 Å². The fourth-order valence-corrected chi connectivity index (χ4v) is 1.92. The topological polar surface area (TPSA) is 42.9 Å². The molecule has 16 heavy (non-hydrogen) atoms. The predicted molar refractivity (Wildman–Crippen MR) is 53.6 cm³/mol. The summed E-state index contributed by atoms with van der Waals surface area (Å²) in [5.41, 5.74) is 0.483. The van der Waals surface area contributed by atoms with E-state index in [4.69, 9.17) is 0 Å². The Morgan fingerprint density at radius 2 is 2.06 bits per heavy atom. The quantitative estimate of drug-likeness (QED) is 0.773. The van der Waals surface area contributed by atoms with Gasteiger partial charge in [-0.15, -0.1) is 5.10 Å². The molecule has 0 radical (unpaired) electrons. The van der Waals surface area contributed by atoms with Crippen molar-refractivity contribution in [3.8, 4) is 0 Å². The van der Waals surface area contributed by atoms with Gasteiger partial charge < -0.3 is 0 Å². The highest BCUT2D eigenvalue weighted by Gasteiger charge is 2.29. The zero-order chi connectivity index (χ0) is 12.3. The number of hydrogen-bond acceptors (Lipinski definition) is 4. The van der Waals surface area contributed by atoms with Crippen molar-refractivity contribution in [1.29, 1.82) is 0 Å². The summed E-state index contributed by atoms with van der Waals surface area (Å²) < 4.78 is 39.4. The molecular weight excluding hydrogens is 241 g/mol. The minimum atomic E-state index is -4.30. The van der Waals surface area contributed by atoms with Crippen LogP contribution in [0.25, 0.3) is 0 Å². The Kier molecular flexibility index (Phi) is 4.01. The molecular formula is C9H11F3N2OS. The van der Waals surface area contributed by atoms with Crippen LogP contribution in [-0.2, 0) is 0 Å². The maximum absolute atomic E-state index is 11.9. The molecule has 0 saturated heterocycles. The van der Waals surface area contributed by atoms with Gasteiger partial charge in [-0.25, -0.2) is 0 Å². The first-order valence-electron chi connectivity index (χ1n) is 4.73. The molecule has 1 aromatic rings. The van der Waals surface area contributed by atoms with Gasteiger partial charge in [-0.2, -0.15) is 13.2 Å². The highest BCUT2D eigenvalue weighted by molar-refractivity contribution is 7.08. The second-order valence-corrected chi connectivity index (χ2v) is 4.43. The molecule has 0 aliphatic heterocycles. The maximum atomic E-state index is 11.9. The second kappa shape index (κ2) is 4.90.